The number of ether oxygens (including phenoxy) is 1. The molecule has 0 bridgehead atoms. The Hall–Kier alpha value is -2.34. The fourth-order valence-electron chi connectivity index (χ4n) is 2.23. The molecule has 2 aromatic rings. The predicted octanol–water partition coefficient (Wildman–Crippen LogP) is 5.89. The molecule has 0 aliphatic heterocycles. The van der Waals surface area contributed by atoms with E-state index in [9.17, 15) is 35.9 Å². The second-order valence-corrected chi connectivity index (χ2v) is 8.39. The third kappa shape index (κ3) is 9.13. The zero-order valence-electron chi connectivity index (χ0n) is 15.7. The smallest absolute Gasteiger partial charge is 0.446 e. The monoisotopic (exact) mass is 483 g/mol. The van der Waals surface area contributed by atoms with Crippen molar-refractivity contribution in [2.75, 3.05) is 6.61 Å². The maximum Gasteiger partial charge on any atom is 0.446 e. The lowest BCUT2D eigenvalue weighted by molar-refractivity contribution is -0.0337. The molecule has 12 heteroatoms. The van der Waals surface area contributed by atoms with Crippen LogP contribution in [0, 0.1) is 0 Å². The van der Waals surface area contributed by atoms with E-state index in [1.54, 1.807) is 6.92 Å². The number of amides is 1. The molecule has 1 unspecified atom stereocenters. The van der Waals surface area contributed by atoms with Crippen LogP contribution in [0.1, 0.15) is 27.6 Å². The summed E-state index contributed by atoms with van der Waals surface area (Å²) in [5.74, 6) is -1.35. The molecule has 0 heterocycles. The number of hydrogen-bond acceptors (Lipinski definition) is 5. The molecule has 2 aromatic carbocycles. The fraction of sp³-hybridized carbons (Fsp3) is 0.263. The average Bonchev–Trinajstić information content (AvgIpc) is 2.64. The van der Waals surface area contributed by atoms with Crippen LogP contribution < -0.4 is 5.32 Å². The molecule has 31 heavy (non-hydrogen) atoms. The number of carbonyl (C=O) groups is 2. The molecule has 1 amide bonds. The van der Waals surface area contributed by atoms with Crippen LogP contribution in [0.2, 0.25) is 0 Å². The maximum atomic E-state index is 12.3. The lowest BCUT2D eigenvalue weighted by atomic mass is 10.2. The number of hydrogen-bond donors (Lipinski definition) is 1. The summed E-state index contributed by atoms with van der Waals surface area (Å²) in [5, 5.41) is 2.53. The van der Waals surface area contributed by atoms with Gasteiger partial charge in [-0.1, -0.05) is 0 Å². The quantitative estimate of drug-likeness (QED) is 0.303. The number of esters is 1. The number of alkyl halides is 6. The first-order valence-corrected chi connectivity index (χ1v) is 10.2. The Morgan fingerprint density at radius 3 is 1.68 bits per heavy atom. The molecule has 0 aromatic heterocycles. The van der Waals surface area contributed by atoms with E-state index >= 15 is 0 Å². The van der Waals surface area contributed by atoms with Crippen LogP contribution >= 0.6 is 23.5 Å². The van der Waals surface area contributed by atoms with Gasteiger partial charge in [0, 0.05) is 15.4 Å². The topological polar surface area (TPSA) is 55.4 Å². The number of thioether (sulfide) groups is 2. The van der Waals surface area contributed by atoms with Gasteiger partial charge in [0.1, 0.15) is 6.61 Å². The van der Waals surface area contributed by atoms with Gasteiger partial charge in [-0.2, -0.15) is 26.3 Å². The Balaban J connectivity index is 1.83. The van der Waals surface area contributed by atoms with E-state index in [-0.39, 0.29) is 51.0 Å². The van der Waals surface area contributed by atoms with E-state index in [1.165, 1.54) is 36.4 Å². The van der Waals surface area contributed by atoms with Gasteiger partial charge in [-0.15, -0.1) is 0 Å². The van der Waals surface area contributed by atoms with Crippen LogP contribution in [0.5, 0.6) is 0 Å². The molecule has 0 radical (unpaired) electrons. The SMILES string of the molecule is CC(COC(=O)c1ccc(SC(F)(F)F)cc1)NC(=O)c1ccc(SC(F)(F)F)cc1. The van der Waals surface area contributed by atoms with Crippen molar-refractivity contribution in [1.29, 1.82) is 0 Å². The van der Waals surface area contributed by atoms with Crippen LogP contribution in [-0.4, -0.2) is 35.5 Å². The Kier molecular flexibility index (Phi) is 8.29. The van der Waals surface area contributed by atoms with Gasteiger partial charge in [0.15, 0.2) is 0 Å². The Morgan fingerprint density at radius 2 is 1.26 bits per heavy atom. The molecule has 0 spiro atoms. The van der Waals surface area contributed by atoms with Crippen molar-refractivity contribution in [3.8, 4) is 0 Å². The third-order valence-electron chi connectivity index (χ3n) is 3.52. The first kappa shape index (κ1) is 24.9. The number of rotatable bonds is 7. The number of benzene rings is 2. The minimum absolute atomic E-state index is 0.0443. The number of nitrogens with one attached hydrogen (secondary N) is 1. The standard InChI is InChI=1S/C19H15F6NO3S2/c1-11(26-16(27)12-2-6-14(7-3-12)30-18(20,21)22)10-29-17(28)13-4-8-15(9-5-13)31-19(23,24)25/h2-9,11H,10H2,1H3,(H,26,27). The summed E-state index contributed by atoms with van der Waals surface area (Å²) in [6, 6.07) is 8.85. The molecule has 4 nitrogen and oxygen atoms in total. The highest BCUT2D eigenvalue weighted by Crippen LogP contribution is 2.37. The van der Waals surface area contributed by atoms with Crippen LogP contribution in [0.3, 0.4) is 0 Å². The molecule has 0 aliphatic carbocycles. The summed E-state index contributed by atoms with van der Waals surface area (Å²) >= 11 is -0.608. The molecule has 0 aliphatic rings. The van der Waals surface area contributed by atoms with Crippen molar-refractivity contribution in [2.45, 2.75) is 33.8 Å². The molecular weight excluding hydrogens is 468 g/mol. The number of carbonyl (C=O) groups excluding carboxylic acids is 2. The first-order valence-electron chi connectivity index (χ1n) is 8.52. The summed E-state index contributed by atoms with van der Waals surface area (Å²) in [4.78, 5) is 24.0. The Morgan fingerprint density at radius 1 is 0.839 bits per heavy atom. The highest BCUT2D eigenvalue weighted by atomic mass is 32.2. The summed E-state index contributed by atoms with van der Waals surface area (Å²) in [6.07, 6.45) is 0. The van der Waals surface area contributed by atoms with E-state index in [1.807, 2.05) is 0 Å². The Bertz CT molecular complexity index is 899. The molecule has 0 saturated carbocycles. The second-order valence-electron chi connectivity index (χ2n) is 6.12. The molecule has 1 N–H and O–H groups in total. The lowest BCUT2D eigenvalue weighted by Gasteiger charge is -2.15. The number of halogens is 6. The van der Waals surface area contributed by atoms with E-state index in [0.29, 0.717) is 0 Å². The molecule has 168 valence electrons. The molecule has 0 saturated heterocycles. The van der Waals surface area contributed by atoms with Crippen LogP contribution in [0.15, 0.2) is 58.3 Å². The van der Waals surface area contributed by atoms with Crippen LogP contribution in [-0.2, 0) is 4.74 Å². The largest absolute Gasteiger partial charge is 0.460 e. The summed E-state index contributed by atoms with van der Waals surface area (Å²) in [7, 11) is 0. The fourth-order valence-corrected chi connectivity index (χ4v) is 3.31. The third-order valence-corrected chi connectivity index (χ3v) is 4.99. The Labute approximate surface area is 181 Å². The molecule has 2 rings (SSSR count). The van der Waals surface area contributed by atoms with Crippen LogP contribution in [0.4, 0.5) is 26.3 Å². The van der Waals surface area contributed by atoms with Gasteiger partial charge in [0.05, 0.1) is 11.6 Å². The van der Waals surface area contributed by atoms with E-state index in [4.69, 9.17) is 4.74 Å². The lowest BCUT2D eigenvalue weighted by Crippen LogP contribution is -2.36. The second kappa shape index (κ2) is 10.3. The minimum Gasteiger partial charge on any atom is -0.460 e. The zero-order valence-corrected chi connectivity index (χ0v) is 17.3. The highest BCUT2D eigenvalue weighted by Gasteiger charge is 2.30. The van der Waals surface area contributed by atoms with Crippen molar-refractivity contribution in [1.82, 2.24) is 5.32 Å². The van der Waals surface area contributed by atoms with E-state index in [0.717, 1.165) is 12.1 Å². The first-order chi connectivity index (χ1) is 14.3. The van der Waals surface area contributed by atoms with Gasteiger partial charge < -0.3 is 10.1 Å². The van der Waals surface area contributed by atoms with Crippen molar-refractivity contribution >= 4 is 35.4 Å². The minimum atomic E-state index is -4.44. The van der Waals surface area contributed by atoms with Gasteiger partial charge in [0.2, 0.25) is 0 Å². The van der Waals surface area contributed by atoms with Gasteiger partial charge in [-0.05, 0) is 79.0 Å². The molecule has 0 fully saturated rings. The van der Waals surface area contributed by atoms with Crippen LogP contribution in [0.25, 0.3) is 0 Å². The van der Waals surface area contributed by atoms with E-state index < -0.39 is 28.9 Å². The summed E-state index contributed by atoms with van der Waals surface area (Å²) in [5.41, 5.74) is -8.70. The predicted molar refractivity (Wildman–Crippen MR) is 104 cm³/mol. The zero-order chi connectivity index (χ0) is 23.2. The van der Waals surface area contributed by atoms with Crippen molar-refractivity contribution in [3.05, 3.63) is 59.7 Å². The maximum absolute atomic E-state index is 12.3. The van der Waals surface area contributed by atoms with Crippen molar-refractivity contribution in [3.63, 3.8) is 0 Å². The normalized spacial score (nSPS) is 12.9. The van der Waals surface area contributed by atoms with Crippen molar-refractivity contribution in [2.24, 2.45) is 0 Å². The van der Waals surface area contributed by atoms with Gasteiger partial charge in [0.25, 0.3) is 5.91 Å². The molecule has 1 atom stereocenters. The summed E-state index contributed by atoms with van der Waals surface area (Å²) in [6.45, 7) is 1.33. The van der Waals surface area contributed by atoms with Crippen molar-refractivity contribution < 1.29 is 40.7 Å². The van der Waals surface area contributed by atoms with Gasteiger partial charge >= 0.3 is 17.0 Å². The average molecular weight is 483 g/mol. The summed E-state index contributed by atoms with van der Waals surface area (Å²) < 4.78 is 78.9. The van der Waals surface area contributed by atoms with E-state index in [2.05, 4.69) is 5.32 Å². The van der Waals surface area contributed by atoms with Gasteiger partial charge in [-0.25, -0.2) is 4.79 Å². The highest BCUT2D eigenvalue weighted by molar-refractivity contribution is 8.00. The molecular formula is C19H15F6NO3S2. The van der Waals surface area contributed by atoms with Gasteiger partial charge in [-0.3, -0.25) is 4.79 Å².